The van der Waals surface area contributed by atoms with Crippen LogP contribution in [-0.2, 0) is 6.54 Å². The highest BCUT2D eigenvalue weighted by Gasteiger charge is 2.07. The minimum absolute atomic E-state index is 0.102. The number of rotatable bonds is 3. The zero-order valence-electron chi connectivity index (χ0n) is 9.63. The molecule has 2 rings (SSSR count). The molecule has 92 valence electrons. The summed E-state index contributed by atoms with van der Waals surface area (Å²) in [6, 6.07) is 9.61. The number of nitrogens with zero attached hydrogens (tertiary/aromatic N) is 1. The molecule has 0 aliphatic carbocycles. The van der Waals surface area contributed by atoms with Crippen molar-refractivity contribution in [2.45, 2.75) is 6.54 Å². The van der Waals surface area contributed by atoms with Crippen LogP contribution in [0.25, 0.3) is 0 Å². The second-order valence-corrected chi connectivity index (χ2v) is 3.74. The zero-order chi connectivity index (χ0) is 13.0. The van der Waals surface area contributed by atoms with E-state index in [9.17, 15) is 9.90 Å². The molecule has 1 aromatic heterocycles. The first kappa shape index (κ1) is 12.1. The van der Waals surface area contributed by atoms with Crippen molar-refractivity contribution in [1.29, 1.82) is 0 Å². The van der Waals surface area contributed by atoms with E-state index in [2.05, 4.69) is 10.3 Å². The van der Waals surface area contributed by atoms with Gasteiger partial charge in [-0.25, -0.2) is 0 Å². The molecule has 0 atom stereocenters. The summed E-state index contributed by atoms with van der Waals surface area (Å²) in [5.41, 5.74) is 7.13. The highest BCUT2D eigenvalue weighted by atomic mass is 16.3. The number of pyridine rings is 1. The van der Waals surface area contributed by atoms with Gasteiger partial charge in [0.2, 0.25) is 0 Å². The van der Waals surface area contributed by atoms with Gasteiger partial charge in [-0.15, -0.1) is 0 Å². The van der Waals surface area contributed by atoms with E-state index < -0.39 is 0 Å². The highest BCUT2D eigenvalue weighted by molar-refractivity contribution is 6.04. The summed E-state index contributed by atoms with van der Waals surface area (Å²) < 4.78 is 0. The van der Waals surface area contributed by atoms with E-state index in [1.807, 2.05) is 0 Å². The molecule has 0 unspecified atom stereocenters. The van der Waals surface area contributed by atoms with Crippen LogP contribution in [0.2, 0.25) is 0 Å². The lowest BCUT2D eigenvalue weighted by atomic mass is 10.2. The minimum Gasteiger partial charge on any atom is -0.508 e. The van der Waals surface area contributed by atoms with Crippen molar-refractivity contribution in [3.05, 3.63) is 53.9 Å². The van der Waals surface area contributed by atoms with E-state index in [-0.39, 0.29) is 18.2 Å². The number of carbonyl (C=O) groups excluding carboxylic acids is 1. The smallest absolute Gasteiger partial charge is 0.255 e. The number of aromatic hydroxyl groups is 1. The second kappa shape index (κ2) is 5.29. The number of phenolic OH excluding ortho intramolecular Hbond substituents is 1. The molecule has 1 heterocycles. The topological polar surface area (TPSA) is 88.2 Å². The van der Waals surface area contributed by atoms with Crippen LogP contribution in [0, 0.1) is 0 Å². The Morgan fingerprint density at radius 2 is 2.17 bits per heavy atom. The van der Waals surface area contributed by atoms with Crippen LogP contribution < -0.4 is 11.1 Å². The summed E-state index contributed by atoms with van der Waals surface area (Å²) in [4.78, 5) is 15.9. The van der Waals surface area contributed by atoms with Gasteiger partial charge in [-0.2, -0.15) is 0 Å². The Kier molecular flexibility index (Phi) is 3.54. The molecule has 0 aliphatic heterocycles. The highest BCUT2D eigenvalue weighted by Crippen LogP contribution is 2.16. The molecule has 2 aromatic rings. The third-order valence-electron chi connectivity index (χ3n) is 2.39. The van der Waals surface area contributed by atoms with Crippen molar-refractivity contribution in [1.82, 2.24) is 4.98 Å². The Labute approximate surface area is 104 Å². The Bertz CT molecular complexity index is 570. The maximum atomic E-state index is 11.9. The lowest BCUT2D eigenvalue weighted by Crippen LogP contribution is -2.13. The van der Waals surface area contributed by atoms with Crippen LogP contribution in [0.15, 0.2) is 42.6 Å². The molecular formula is C13H13N3O2. The third-order valence-corrected chi connectivity index (χ3v) is 2.39. The number of hydrogen-bond donors (Lipinski definition) is 3. The van der Waals surface area contributed by atoms with E-state index >= 15 is 0 Å². The number of nitrogens with one attached hydrogen (secondary N) is 1. The van der Waals surface area contributed by atoms with E-state index in [1.165, 1.54) is 12.1 Å². The van der Waals surface area contributed by atoms with E-state index in [0.29, 0.717) is 16.9 Å². The van der Waals surface area contributed by atoms with Gasteiger partial charge in [0.1, 0.15) is 5.75 Å². The monoisotopic (exact) mass is 243 g/mol. The molecule has 1 aromatic carbocycles. The molecule has 4 N–H and O–H groups in total. The van der Waals surface area contributed by atoms with Gasteiger partial charge in [0, 0.05) is 30.1 Å². The number of aromatic nitrogens is 1. The molecule has 5 nitrogen and oxygen atoms in total. The molecule has 0 saturated heterocycles. The van der Waals surface area contributed by atoms with Gasteiger partial charge in [-0.3, -0.25) is 9.78 Å². The van der Waals surface area contributed by atoms with Crippen LogP contribution in [0.4, 0.5) is 5.69 Å². The Morgan fingerprint density at radius 1 is 1.33 bits per heavy atom. The lowest BCUT2D eigenvalue weighted by molar-refractivity contribution is 0.102. The van der Waals surface area contributed by atoms with Gasteiger partial charge < -0.3 is 16.2 Å². The first-order chi connectivity index (χ1) is 8.69. The van der Waals surface area contributed by atoms with Gasteiger partial charge in [0.25, 0.3) is 5.91 Å². The standard InChI is InChI=1S/C13H13N3O2/c14-8-11-6-9(4-5-15-11)13(18)16-10-2-1-3-12(17)7-10/h1-7,17H,8,14H2,(H,16,18). The maximum absolute atomic E-state index is 11.9. The van der Waals surface area contributed by atoms with Crippen molar-refractivity contribution in [3.8, 4) is 5.75 Å². The van der Waals surface area contributed by atoms with Crippen LogP contribution in [0.1, 0.15) is 16.1 Å². The minimum atomic E-state index is -0.266. The van der Waals surface area contributed by atoms with Crippen LogP contribution >= 0.6 is 0 Å². The number of phenols is 1. The number of carbonyl (C=O) groups is 1. The van der Waals surface area contributed by atoms with Gasteiger partial charge in [-0.1, -0.05) is 6.07 Å². The van der Waals surface area contributed by atoms with Crippen molar-refractivity contribution < 1.29 is 9.90 Å². The zero-order valence-corrected chi connectivity index (χ0v) is 9.63. The summed E-state index contributed by atoms with van der Waals surface area (Å²) in [6.07, 6.45) is 1.54. The molecule has 0 aliphatic rings. The molecule has 1 amide bonds. The van der Waals surface area contributed by atoms with E-state index in [1.54, 1.807) is 30.5 Å². The molecular weight excluding hydrogens is 230 g/mol. The lowest BCUT2D eigenvalue weighted by Gasteiger charge is -2.06. The molecule has 0 radical (unpaired) electrons. The van der Waals surface area contributed by atoms with Gasteiger partial charge >= 0.3 is 0 Å². The predicted octanol–water partition coefficient (Wildman–Crippen LogP) is 1.50. The normalized spacial score (nSPS) is 10.1. The van der Waals surface area contributed by atoms with E-state index in [4.69, 9.17) is 5.73 Å². The van der Waals surface area contributed by atoms with Crippen LogP contribution in [0.3, 0.4) is 0 Å². The first-order valence-corrected chi connectivity index (χ1v) is 5.44. The number of hydrogen-bond acceptors (Lipinski definition) is 4. The van der Waals surface area contributed by atoms with Gasteiger partial charge in [0.15, 0.2) is 0 Å². The van der Waals surface area contributed by atoms with Crippen molar-refractivity contribution in [2.24, 2.45) is 5.73 Å². The maximum Gasteiger partial charge on any atom is 0.255 e. The second-order valence-electron chi connectivity index (χ2n) is 3.74. The SMILES string of the molecule is NCc1cc(C(=O)Nc2cccc(O)c2)ccn1. The fourth-order valence-electron chi connectivity index (χ4n) is 1.52. The number of benzene rings is 1. The summed E-state index contributed by atoms with van der Waals surface area (Å²) in [6.45, 7) is 0.285. The largest absolute Gasteiger partial charge is 0.508 e. The van der Waals surface area contributed by atoms with Crippen molar-refractivity contribution in [3.63, 3.8) is 0 Å². The quantitative estimate of drug-likeness (QED) is 0.762. The van der Waals surface area contributed by atoms with Crippen molar-refractivity contribution in [2.75, 3.05) is 5.32 Å². The Hall–Kier alpha value is -2.40. The average molecular weight is 243 g/mol. The Morgan fingerprint density at radius 3 is 2.89 bits per heavy atom. The molecule has 0 saturated carbocycles. The molecule has 18 heavy (non-hydrogen) atoms. The fourth-order valence-corrected chi connectivity index (χ4v) is 1.52. The first-order valence-electron chi connectivity index (χ1n) is 5.44. The third kappa shape index (κ3) is 2.83. The van der Waals surface area contributed by atoms with Gasteiger partial charge in [0.05, 0.1) is 5.69 Å². The number of anilines is 1. The molecule has 0 spiro atoms. The van der Waals surface area contributed by atoms with E-state index in [0.717, 1.165) is 0 Å². The van der Waals surface area contributed by atoms with Gasteiger partial charge in [-0.05, 0) is 24.3 Å². The summed E-state index contributed by atoms with van der Waals surface area (Å²) in [5, 5.41) is 12.0. The summed E-state index contributed by atoms with van der Waals surface area (Å²) in [7, 11) is 0. The number of amides is 1. The average Bonchev–Trinajstić information content (AvgIpc) is 2.39. The van der Waals surface area contributed by atoms with Crippen molar-refractivity contribution >= 4 is 11.6 Å². The predicted molar refractivity (Wildman–Crippen MR) is 68.2 cm³/mol. The molecule has 5 heteroatoms. The van der Waals surface area contributed by atoms with Crippen LogP contribution in [-0.4, -0.2) is 16.0 Å². The summed E-state index contributed by atoms with van der Waals surface area (Å²) in [5.74, 6) is -0.164. The molecule has 0 bridgehead atoms. The summed E-state index contributed by atoms with van der Waals surface area (Å²) >= 11 is 0. The molecule has 0 fully saturated rings. The Balaban J connectivity index is 2.16. The van der Waals surface area contributed by atoms with Crippen LogP contribution in [0.5, 0.6) is 5.75 Å². The fraction of sp³-hybridized carbons (Fsp3) is 0.0769. The number of nitrogens with two attached hydrogens (primary N) is 1.